The van der Waals surface area contributed by atoms with Gasteiger partial charge in [0.2, 0.25) is 0 Å². The molecule has 0 aliphatic carbocycles. The highest BCUT2D eigenvalue weighted by Gasteiger charge is 2.08. The Morgan fingerprint density at radius 2 is 1.54 bits per heavy atom. The van der Waals surface area contributed by atoms with Crippen LogP contribution in [0.1, 0.15) is 21.5 Å². The van der Waals surface area contributed by atoms with Crippen LogP contribution in [0, 0.1) is 0 Å². The molecular formula is C22H19N3O3. The van der Waals surface area contributed by atoms with Crippen molar-refractivity contribution < 1.29 is 9.59 Å². The van der Waals surface area contributed by atoms with Gasteiger partial charge in [-0.2, -0.15) is 0 Å². The van der Waals surface area contributed by atoms with Crippen LogP contribution in [0.2, 0.25) is 0 Å². The largest absolute Gasteiger partial charge is 0.310 e. The Balaban J connectivity index is 1.61. The maximum Gasteiger partial charge on any atom is 0.271 e. The second-order valence-electron chi connectivity index (χ2n) is 6.06. The number of nitrogens with one attached hydrogen (secondary N) is 2. The fourth-order valence-corrected chi connectivity index (χ4v) is 2.54. The molecule has 0 radical (unpaired) electrons. The SMILES string of the molecule is O=C(/C=C/c1ccccc1)NNC(=O)c1ccc(=O)n(Cc2ccccc2)c1. The maximum atomic E-state index is 12.3. The van der Waals surface area contributed by atoms with Gasteiger partial charge in [0.25, 0.3) is 17.4 Å². The molecule has 3 aromatic rings. The number of hydrogen-bond acceptors (Lipinski definition) is 3. The van der Waals surface area contributed by atoms with Crippen molar-refractivity contribution in [2.45, 2.75) is 6.54 Å². The fourth-order valence-electron chi connectivity index (χ4n) is 2.54. The minimum atomic E-state index is -0.511. The van der Waals surface area contributed by atoms with Gasteiger partial charge < -0.3 is 4.57 Å². The lowest BCUT2D eigenvalue weighted by molar-refractivity contribution is -0.117. The van der Waals surface area contributed by atoms with Crippen molar-refractivity contribution in [1.82, 2.24) is 15.4 Å². The summed E-state index contributed by atoms with van der Waals surface area (Å²) in [6, 6.07) is 21.5. The van der Waals surface area contributed by atoms with Gasteiger partial charge in [-0.05, 0) is 23.3 Å². The molecule has 2 N–H and O–H groups in total. The third-order valence-electron chi connectivity index (χ3n) is 3.97. The van der Waals surface area contributed by atoms with E-state index in [4.69, 9.17) is 0 Å². The average molecular weight is 373 g/mol. The number of nitrogens with zero attached hydrogens (tertiary/aromatic N) is 1. The molecule has 0 aliphatic rings. The van der Waals surface area contributed by atoms with Crippen LogP contribution in [0.3, 0.4) is 0 Å². The monoisotopic (exact) mass is 373 g/mol. The number of carbonyl (C=O) groups is 2. The van der Waals surface area contributed by atoms with E-state index in [0.717, 1.165) is 11.1 Å². The molecule has 0 aliphatic heterocycles. The predicted molar refractivity (Wildman–Crippen MR) is 107 cm³/mol. The summed E-state index contributed by atoms with van der Waals surface area (Å²) in [5.74, 6) is -0.974. The van der Waals surface area contributed by atoms with Gasteiger partial charge in [-0.3, -0.25) is 25.2 Å². The minimum Gasteiger partial charge on any atom is -0.310 e. The summed E-state index contributed by atoms with van der Waals surface area (Å²) in [6.45, 7) is 0.354. The van der Waals surface area contributed by atoms with Crippen LogP contribution in [0.5, 0.6) is 0 Å². The van der Waals surface area contributed by atoms with Gasteiger partial charge in [0.15, 0.2) is 0 Å². The number of benzene rings is 2. The number of amides is 2. The quantitative estimate of drug-likeness (QED) is 0.532. The molecule has 0 bridgehead atoms. The van der Waals surface area contributed by atoms with Crippen LogP contribution in [0.15, 0.2) is 89.9 Å². The van der Waals surface area contributed by atoms with Gasteiger partial charge in [0.1, 0.15) is 0 Å². The number of aromatic nitrogens is 1. The molecule has 2 aromatic carbocycles. The molecule has 6 heteroatoms. The third kappa shape index (κ3) is 5.28. The number of pyridine rings is 1. The minimum absolute atomic E-state index is 0.213. The normalized spacial score (nSPS) is 10.6. The van der Waals surface area contributed by atoms with Crippen LogP contribution < -0.4 is 16.4 Å². The van der Waals surface area contributed by atoms with Gasteiger partial charge in [0, 0.05) is 18.3 Å². The molecule has 0 fully saturated rings. The summed E-state index contributed by atoms with van der Waals surface area (Å²) in [7, 11) is 0. The van der Waals surface area contributed by atoms with Gasteiger partial charge in [0.05, 0.1) is 12.1 Å². The lowest BCUT2D eigenvalue weighted by Crippen LogP contribution is -2.41. The second-order valence-corrected chi connectivity index (χ2v) is 6.06. The molecule has 1 aromatic heterocycles. The van der Waals surface area contributed by atoms with E-state index >= 15 is 0 Å². The van der Waals surface area contributed by atoms with Crippen molar-refractivity contribution in [2.24, 2.45) is 0 Å². The van der Waals surface area contributed by atoms with E-state index in [0.29, 0.717) is 6.54 Å². The molecular weight excluding hydrogens is 354 g/mol. The molecule has 0 atom stereocenters. The van der Waals surface area contributed by atoms with Crippen molar-refractivity contribution in [3.63, 3.8) is 0 Å². The van der Waals surface area contributed by atoms with Crippen molar-refractivity contribution >= 4 is 17.9 Å². The first-order valence-corrected chi connectivity index (χ1v) is 8.70. The summed E-state index contributed by atoms with van der Waals surface area (Å²) < 4.78 is 1.45. The molecule has 0 saturated carbocycles. The molecule has 6 nitrogen and oxygen atoms in total. The van der Waals surface area contributed by atoms with E-state index in [1.165, 1.54) is 29.0 Å². The molecule has 28 heavy (non-hydrogen) atoms. The highest BCUT2D eigenvalue weighted by molar-refractivity contribution is 5.97. The van der Waals surface area contributed by atoms with Crippen molar-refractivity contribution in [3.05, 3.63) is 112 Å². The van der Waals surface area contributed by atoms with Crippen LogP contribution >= 0.6 is 0 Å². The zero-order valence-corrected chi connectivity index (χ0v) is 15.0. The zero-order chi connectivity index (χ0) is 19.8. The molecule has 0 spiro atoms. The Morgan fingerprint density at radius 1 is 0.857 bits per heavy atom. The predicted octanol–water partition coefficient (Wildman–Crippen LogP) is 2.37. The molecule has 1 heterocycles. The Bertz CT molecular complexity index is 1040. The lowest BCUT2D eigenvalue weighted by Gasteiger charge is -2.09. The fraction of sp³-hybridized carbons (Fsp3) is 0.0455. The summed E-state index contributed by atoms with van der Waals surface area (Å²) in [6.07, 6.45) is 4.43. The summed E-state index contributed by atoms with van der Waals surface area (Å²) >= 11 is 0. The van der Waals surface area contributed by atoms with Crippen LogP contribution in [-0.2, 0) is 11.3 Å². The number of rotatable bonds is 5. The highest BCUT2D eigenvalue weighted by Crippen LogP contribution is 2.03. The first-order chi connectivity index (χ1) is 13.6. The summed E-state index contributed by atoms with van der Waals surface area (Å²) in [4.78, 5) is 36.2. The number of carbonyl (C=O) groups excluding carboxylic acids is 2. The Hall–Kier alpha value is -3.93. The topological polar surface area (TPSA) is 80.2 Å². The van der Waals surface area contributed by atoms with E-state index in [2.05, 4.69) is 10.9 Å². The van der Waals surface area contributed by atoms with Crippen molar-refractivity contribution in [3.8, 4) is 0 Å². The highest BCUT2D eigenvalue weighted by atomic mass is 16.2. The molecule has 140 valence electrons. The zero-order valence-electron chi connectivity index (χ0n) is 15.0. The Kier molecular flexibility index (Phi) is 6.15. The van der Waals surface area contributed by atoms with Crippen LogP contribution in [0.25, 0.3) is 6.08 Å². The molecule has 0 unspecified atom stereocenters. The maximum absolute atomic E-state index is 12.3. The van der Waals surface area contributed by atoms with Crippen LogP contribution in [0.4, 0.5) is 0 Å². The molecule has 2 amide bonds. The average Bonchev–Trinajstić information content (AvgIpc) is 2.73. The smallest absolute Gasteiger partial charge is 0.271 e. The van der Waals surface area contributed by atoms with Gasteiger partial charge in [-0.1, -0.05) is 60.7 Å². The van der Waals surface area contributed by atoms with E-state index < -0.39 is 11.8 Å². The molecule has 3 rings (SSSR count). The lowest BCUT2D eigenvalue weighted by atomic mass is 10.2. The van der Waals surface area contributed by atoms with E-state index in [1.807, 2.05) is 60.7 Å². The second kappa shape index (κ2) is 9.14. The molecule has 0 saturated heterocycles. The standard InChI is InChI=1S/C22H19N3O3/c26-20(13-11-17-7-3-1-4-8-17)23-24-22(28)19-12-14-21(27)25(16-19)15-18-9-5-2-6-10-18/h1-14,16H,15H2,(H,23,26)(H,24,28)/b13-11+. The Labute approximate surface area is 162 Å². The first-order valence-electron chi connectivity index (χ1n) is 8.70. The van der Waals surface area contributed by atoms with E-state index in [-0.39, 0.29) is 11.1 Å². The van der Waals surface area contributed by atoms with Gasteiger partial charge >= 0.3 is 0 Å². The van der Waals surface area contributed by atoms with Crippen molar-refractivity contribution in [1.29, 1.82) is 0 Å². The Morgan fingerprint density at radius 3 is 2.25 bits per heavy atom. The van der Waals surface area contributed by atoms with Crippen LogP contribution in [-0.4, -0.2) is 16.4 Å². The van der Waals surface area contributed by atoms with Gasteiger partial charge in [-0.25, -0.2) is 0 Å². The number of hydrogen-bond donors (Lipinski definition) is 2. The van der Waals surface area contributed by atoms with Crippen molar-refractivity contribution in [2.75, 3.05) is 0 Å². The van der Waals surface area contributed by atoms with Gasteiger partial charge in [-0.15, -0.1) is 0 Å². The summed E-state index contributed by atoms with van der Waals surface area (Å²) in [5, 5.41) is 0. The first kappa shape index (κ1) is 18.8. The van der Waals surface area contributed by atoms with E-state index in [1.54, 1.807) is 6.08 Å². The summed E-state index contributed by atoms with van der Waals surface area (Å²) in [5.41, 5.74) is 6.53. The third-order valence-corrected chi connectivity index (χ3v) is 3.97. The number of hydrazine groups is 1. The van der Waals surface area contributed by atoms with E-state index in [9.17, 15) is 14.4 Å².